The van der Waals surface area contributed by atoms with Gasteiger partial charge in [0.05, 0.1) is 12.2 Å². The van der Waals surface area contributed by atoms with Gasteiger partial charge in [0.25, 0.3) is 0 Å². The molecule has 3 atom stereocenters. The first-order valence-corrected chi connectivity index (χ1v) is 3.89. The van der Waals surface area contributed by atoms with Crippen LogP contribution in [-0.4, -0.2) is 29.2 Å². The van der Waals surface area contributed by atoms with E-state index in [1.807, 2.05) is 0 Å². The highest BCUT2D eigenvalue weighted by Gasteiger charge is 2.42. The van der Waals surface area contributed by atoms with E-state index in [-0.39, 0.29) is 6.10 Å². The molecule has 1 saturated heterocycles. The van der Waals surface area contributed by atoms with Crippen LogP contribution in [0.2, 0.25) is 0 Å². The normalized spacial score (nSPS) is 35.9. The van der Waals surface area contributed by atoms with Crippen LogP contribution in [-0.2, 0) is 9.47 Å². The Morgan fingerprint density at radius 3 is 2.42 bits per heavy atom. The summed E-state index contributed by atoms with van der Waals surface area (Å²) in [5.41, 5.74) is 0. The predicted octanol–water partition coefficient (Wildman–Crippen LogP) is 0.411. The molecule has 1 heterocycles. The largest absolute Gasteiger partial charge is 0.375 e. The first kappa shape index (κ1) is 9.46. The maximum atomic E-state index is 9.19. The number of nitrogens with zero attached hydrogens (tertiary/aromatic N) is 1. The summed E-state index contributed by atoms with van der Waals surface area (Å²) < 4.78 is 10.7. The summed E-state index contributed by atoms with van der Waals surface area (Å²) in [6.45, 7) is 5.29. The van der Waals surface area contributed by atoms with Gasteiger partial charge in [-0.1, -0.05) is 0 Å². The van der Waals surface area contributed by atoms with Gasteiger partial charge in [-0.3, -0.25) is 0 Å². The van der Waals surface area contributed by atoms with Gasteiger partial charge >= 0.3 is 0 Å². The van der Waals surface area contributed by atoms with Crippen molar-refractivity contribution in [2.75, 3.05) is 0 Å². The third-order valence-electron chi connectivity index (χ3n) is 1.80. The third kappa shape index (κ3) is 1.75. The summed E-state index contributed by atoms with van der Waals surface area (Å²) in [5.74, 6) is -0.693. The highest BCUT2D eigenvalue weighted by Crippen LogP contribution is 2.29. The molecule has 0 spiro atoms. The maximum Gasteiger partial charge on any atom is 0.169 e. The van der Waals surface area contributed by atoms with Crippen LogP contribution in [0.4, 0.5) is 0 Å². The zero-order valence-electron chi connectivity index (χ0n) is 7.44. The molecule has 0 aromatic carbocycles. The summed E-state index contributed by atoms with van der Waals surface area (Å²) in [5, 5.41) is 17.6. The highest BCUT2D eigenvalue weighted by molar-refractivity contribution is 4.95. The summed E-state index contributed by atoms with van der Waals surface area (Å²) >= 11 is 0. The minimum absolute atomic E-state index is 0.241. The van der Waals surface area contributed by atoms with E-state index in [9.17, 15) is 5.11 Å². The van der Waals surface area contributed by atoms with Crippen molar-refractivity contribution in [2.45, 2.75) is 44.9 Å². The van der Waals surface area contributed by atoms with E-state index in [1.165, 1.54) is 0 Å². The van der Waals surface area contributed by atoms with Crippen LogP contribution in [0.25, 0.3) is 0 Å². The van der Waals surface area contributed by atoms with E-state index in [0.717, 1.165) is 0 Å². The monoisotopic (exact) mass is 171 g/mol. The Labute approximate surface area is 71.7 Å². The lowest BCUT2D eigenvalue weighted by molar-refractivity contribution is -0.151. The number of rotatable bonds is 1. The molecule has 1 N–H and O–H groups in total. The van der Waals surface area contributed by atoms with Crippen molar-refractivity contribution in [3.63, 3.8) is 0 Å². The van der Waals surface area contributed by atoms with Gasteiger partial charge in [-0.15, -0.1) is 0 Å². The van der Waals surface area contributed by atoms with Crippen LogP contribution >= 0.6 is 0 Å². The Morgan fingerprint density at radius 2 is 2.08 bits per heavy atom. The van der Waals surface area contributed by atoms with Crippen molar-refractivity contribution in [2.24, 2.45) is 0 Å². The van der Waals surface area contributed by atoms with Gasteiger partial charge in [0.1, 0.15) is 6.10 Å². The lowest BCUT2D eigenvalue weighted by Crippen LogP contribution is -2.32. The fourth-order valence-corrected chi connectivity index (χ4v) is 1.36. The van der Waals surface area contributed by atoms with Crippen LogP contribution in [0.3, 0.4) is 0 Å². The van der Waals surface area contributed by atoms with Gasteiger partial charge in [0, 0.05) is 0 Å². The van der Waals surface area contributed by atoms with Crippen molar-refractivity contribution in [3.8, 4) is 6.07 Å². The van der Waals surface area contributed by atoms with Gasteiger partial charge in [-0.05, 0) is 20.8 Å². The molecule has 4 heteroatoms. The van der Waals surface area contributed by atoms with E-state index < -0.39 is 18.0 Å². The van der Waals surface area contributed by atoms with Crippen LogP contribution in [0.1, 0.15) is 20.8 Å². The molecular weight excluding hydrogens is 158 g/mol. The summed E-state index contributed by atoms with van der Waals surface area (Å²) in [4.78, 5) is 0. The van der Waals surface area contributed by atoms with Crippen molar-refractivity contribution in [1.82, 2.24) is 0 Å². The number of hydrogen-bond acceptors (Lipinski definition) is 4. The molecule has 0 radical (unpaired) electrons. The first-order valence-electron chi connectivity index (χ1n) is 3.89. The fourth-order valence-electron chi connectivity index (χ4n) is 1.36. The lowest BCUT2D eigenvalue weighted by Gasteiger charge is -2.17. The average molecular weight is 171 g/mol. The summed E-state index contributed by atoms with van der Waals surface area (Å²) in [7, 11) is 0. The second kappa shape index (κ2) is 3.02. The van der Waals surface area contributed by atoms with Gasteiger partial charge < -0.3 is 14.6 Å². The zero-order chi connectivity index (χ0) is 9.35. The maximum absolute atomic E-state index is 9.19. The molecule has 1 fully saturated rings. The number of aliphatic hydroxyl groups is 1. The van der Waals surface area contributed by atoms with Crippen LogP contribution < -0.4 is 0 Å². The first-order chi connectivity index (χ1) is 5.46. The third-order valence-corrected chi connectivity index (χ3v) is 1.80. The van der Waals surface area contributed by atoms with Crippen molar-refractivity contribution in [3.05, 3.63) is 0 Å². The predicted molar refractivity (Wildman–Crippen MR) is 41.1 cm³/mol. The number of aliphatic hydroxyl groups excluding tert-OH is 1. The Hall–Kier alpha value is -0.630. The fraction of sp³-hybridized carbons (Fsp3) is 0.875. The SMILES string of the molecule is C[C@H]1OC(C)(C)O[C@H]1[C@@H](O)C#N. The van der Waals surface area contributed by atoms with Gasteiger partial charge in [0.2, 0.25) is 0 Å². The smallest absolute Gasteiger partial charge is 0.169 e. The van der Waals surface area contributed by atoms with E-state index in [2.05, 4.69) is 0 Å². The minimum atomic E-state index is -1.11. The van der Waals surface area contributed by atoms with Gasteiger partial charge in [0.15, 0.2) is 11.9 Å². The van der Waals surface area contributed by atoms with Crippen LogP contribution in [0.15, 0.2) is 0 Å². The quantitative estimate of drug-likeness (QED) is 0.580. The molecule has 0 aromatic heterocycles. The van der Waals surface area contributed by atoms with Gasteiger partial charge in [-0.2, -0.15) is 5.26 Å². The van der Waals surface area contributed by atoms with E-state index in [1.54, 1.807) is 26.8 Å². The van der Waals surface area contributed by atoms with E-state index in [0.29, 0.717) is 0 Å². The topological polar surface area (TPSA) is 62.5 Å². The minimum Gasteiger partial charge on any atom is -0.375 e. The molecule has 12 heavy (non-hydrogen) atoms. The Morgan fingerprint density at radius 1 is 1.50 bits per heavy atom. The highest BCUT2D eigenvalue weighted by atomic mass is 16.8. The molecule has 0 amide bonds. The Kier molecular flexibility index (Phi) is 2.38. The number of hydrogen-bond donors (Lipinski definition) is 1. The Bertz CT molecular complexity index is 209. The van der Waals surface area contributed by atoms with Gasteiger partial charge in [-0.25, -0.2) is 0 Å². The van der Waals surface area contributed by atoms with E-state index in [4.69, 9.17) is 14.7 Å². The molecule has 1 aliphatic heterocycles. The molecule has 0 aliphatic carbocycles. The van der Waals surface area contributed by atoms with E-state index >= 15 is 0 Å². The average Bonchev–Trinajstić information content (AvgIpc) is 2.23. The molecule has 4 nitrogen and oxygen atoms in total. The number of nitriles is 1. The molecule has 1 aliphatic rings. The molecule has 0 saturated carbocycles. The number of ether oxygens (including phenoxy) is 2. The van der Waals surface area contributed by atoms with Crippen molar-refractivity contribution < 1.29 is 14.6 Å². The molecule has 0 unspecified atom stereocenters. The van der Waals surface area contributed by atoms with Crippen LogP contribution in [0, 0.1) is 11.3 Å². The standard InChI is InChI=1S/C8H13NO3/c1-5-7(6(10)4-9)12-8(2,3)11-5/h5-7,10H,1-3H3/t5-,6+,7-/m1/s1. The van der Waals surface area contributed by atoms with Crippen molar-refractivity contribution in [1.29, 1.82) is 5.26 Å². The molecular formula is C8H13NO3. The lowest BCUT2D eigenvalue weighted by atomic mass is 10.1. The molecule has 0 bridgehead atoms. The zero-order valence-corrected chi connectivity index (χ0v) is 7.44. The molecule has 0 aromatic rings. The van der Waals surface area contributed by atoms with Crippen LogP contribution in [0.5, 0.6) is 0 Å². The second-order valence-corrected chi connectivity index (χ2v) is 3.38. The summed E-state index contributed by atoms with van der Waals surface area (Å²) in [6, 6.07) is 1.73. The van der Waals surface area contributed by atoms with Crippen molar-refractivity contribution >= 4 is 0 Å². The molecule has 1 rings (SSSR count). The molecule has 68 valence electrons. The second-order valence-electron chi connectivity index (χ2n) is 3.38. The summed E-state index contributed by atoms with van der Waals surface area (Å²) in [6.07, 6.45) is -1.89. The Balaban J connectivity index is 2.65.